The van der Waals surface area contributed by atoms with Crippen molar-refractivity contribution in [2.45, 2.75) is 25.5 Å². The van der Waals surface area contributed by atoms with E-state index >= 15 is 0 Å². The zero-order valence-electron chi connectivity index (χ0n) is 22.3. The number of benzene rings is 3. The van der Waals surface area contributed by atoms with Gasteiger partial charge in [-0.1, -0.05) is 68.4 Å². The van der Waals surface area contributed by atoms with Gasteiger partial charge in [0.2, 0.25) is 10.0 Å². The molecule has 4 aromatic rings. The third-order valence-electron chi connectivity index (χ3n) is 7.06. The Hall–Kier alpha value is -3.89. The molecule has 7 nitrogen and oxygen atoms in total. The maximum absolute atomic E-state index is 14.0. The Morgan fingerprint density at radius 2 is 1.55 bits per heavy atom. The van der Waals surface area contributed by atoms with Crippen molar-refractivity contribution in [2.24, 2.45) is 0 Å². The summed E-state index contributed by atoms with van der Waals surface area (Å²) in [6.45, 7) is 5.30. The van der Waals surface area contributed by atoms with Crippen LogP contribution in [0.1, 0.15) is 30.9 Å². The number of piperazine rings is 1. The van der Waals surface area contributed by atoms with E-state index in [2.05, 4.69) is 18.9 Å². The molecular formula is C30H30F2N4O3S. The second kappa shape index (κ2) is 11.3. The predicted octanol–water partition coefficient (Wildman–Crippen LogP) is 4.95. The van der Waals surface area contributed by atoms with Crippen molar-refractivity contribution < 1.29 is 17.2 Å². The Morgan fingerprint density at radius 3 is 2.20 bits per heavy atom. The number of rotatable bonds is 7. The number of aromatic nitrogens is 2. The van der Waals surface area contributed by atoms with E-state index in [9.17, 15) is 22.0 Å². The number of hydrogen-bond acceptors (Lipinski definition) is 5. The van der Waals surface area contributed by atoms with Crippen LogP contribution in [0.25, 0.3) is 16.8 Å². The molecule has 1 saturated heterocycles. The molecular weight excluding hydrogens is 534 g/mol. The Labute approximate surface area is 232 Å². The van der Waals surface area contributed by atoms with Crippen molar-refractivity contribution in [2.75, 3.05) is 31.1 Å². The highest BCUT2D eigenvalue weighted by Crippen LogP contribution is 2.31. The van der Waals surface area contributed by atoms with Crippen molar-refractivity contribution in [3.05, 3.63) is 112 Å². The van der Waals surface area contributed by atoms with Crippen molar-refractivity contribution in [3.8, 4) is 16.8 Å². The summed E-state index contributed by atoms with van der Waals surface area (Å²) in [7, 11) is -3.52. The zero-order chi connectivity index (χ0) is 28.4. The Kier molecular flexibility index (Phi) is 7.82. The van der Waals surface area contributed by atoms with E-state index in [1.54, 1.807) is 12.1 Å². The van der Waals surface area contributed by atoms with Gasteiger partial charge in [-0.25, -0.2) is 17.2 Å². The van der Waals surface area contributed by atoms with Gasteiger partial charge in [-0.15, -0.1) is 0 Å². The molecule has 0 amide bonds. The molecule has 40 heavy (non-hydrogen) atoms. The second-order valence-corrected chi connectivity index (χ2v) is 12.1. The van der Waals surface area contributed by atoms with Crippen LogP contribution in [-0.4, -0.2) is 48.7 Å². The van der Waals surface area contributed by atoms with Crippen LogP contribution in [0.4, 0.5) is 14.5 Å². The van der Waals surface area contributed by atoms with E-state index in [-0.39, 0.29) is 30.4 Å². The molecule has 2 heterocycles. The molecule has 0 radical (unpaired) electrons. The number of nitrogens with zero attached hydrogens (tertiary/aromatic N) is 4. The summed E-state index contributed by atoms with van der Waals surface area (Å²) in [5, 5.41) is 4.27. The summed E-state index contributed by atoms with van der Waals surface area (Å²) in [5.74, 6) is -1.50. The Bertz CT molecular complexity index is 1660. The first kappa shape index (κ1) is 27.7. The molecule has 0 unspecified atom stereocenters. The summed E-state index contributed by atoms with van der Waals surface area (Å²) in [6, 6.07) is 19.5. The van der Waals surface area contributed by atoms with Gasteiger partial charge < -0.3 is 4.90 Å². The SMILES string of the molecule is CC(C)c1cccc(-c2c(N3CCN(S(=O)(=O)Cc4ccccc4)CC3)cnn(-c3cc(F)cc(F)c3)c2=O)c1. The Balaban J connectivity index is 1.51. The minimum atomic E-state index is -3.52. The predicted molar refractivity (Wildman–Crippen MR) is 152 cm³/mol. The molecule has 0 bridgehead atoms. The summed E-state index contributed by atoms with van der Waals surface area (Å²) < 4.78 is 56.6. The van der Waals surface area contributed by atoms with Gasteiger partial charge in [-0.2, -0.15) is 14.1 Å². The minimum Gasteiger partial charge on any atom is -0.367 e. The average Bonchev–Trinajstić information content (AvgIpc) is 2.93. The molecule has 208 valence electrons. The van der Waals surface area contributed by atoms with Crippen LogP contribution in [0.5, 0.6) is 0 Å². The highest BCUT2D eigenvalue weighted by atomic mass is 32.2. The average molecular weight is 565 g/mol. The van der Waals surface area contributed by atoms with Gasteiger partial charge in [0.1, 0.15) is 11.6 Å². The molecule has 1 aliphatic heterocycles. The molecule has 1 fully saturated rings. The fourth-order valence-electron chi connectivity index (χ4n) is 4.94. The summed E-state index contributed by atoms with van der Waals surface area (Å²) >= 11 is 0. The van der Waals surface area contributed by atoms with E-state index in [0.29, 0.717) is 29.9 Å². The first-order valence-corrected chi connectivity index (χ1v) is 14.7. The third-order valence-corrected chi connectivity index (χ3v) is 8.91. The maximum Gasteiger partial charge on any atom is 0.281 e. The molecule has 0 N–H and O–H groups in total. The van der Waals surface area contributed by atoms with Crippen LogP contribution in [0.3, 0.4) is 0 Å². The second-order valence-electron chi connectivity index (χ2n) is 10.2. The maximum atomic E-state index is 14.0. The largest absolute Gasteiger partial charge is 0.367 e. The first-order chi connectivity index (χ1) is 19.1. The molecule has 3 aromatic carbocycles. The van der Waals surface area contributed by atoms with E-state index in [1.165, 1.54) is 10.5 Å². The van der Waals surface area contributed by atoms with Gasteiger partial charge in [-0.3, -0.25) is 4.79 Å². The Morgan fingerprint density at radius 1 is 0.875 bits per heavy atom. The van der Waals surface area contributed by atoms with Crippen LogP contribution in [-0.2, 0) is 15.8 Å². The molecule has 0 aliphatic carbocycles. The normalized spacial score (nSPS) is 14.6. The monoisotopic (exact) mass is 564 g/mol. The number of halogens is 2. The lowest BCUT2D eigenvalue weighted by Crippen LogP contribution is -2.49. The number of anilines is 1. The van der Waals surface area contributed by atoms with Crippen LogP contribution in [0, 0.1) is 11.6 Å². The summed E-state index contributed by atoms with van der Waals surface area (Å²) in [4.78, 5) is 15.8. The topological polar surface area (TPSA) is 75.5 Å². The van der Waals surface area contributed by atoms with Crippen molar-refractivity contribution >= 4 is 15.7 Å². The van der Waals surface area contributed by atoms with Crippen molar-refractivity contribution in [1.29, 1.82) is 0 Å². The van der Waals surface area contributed by atoms with E-state index in [4.69, 9.17) is 0 Å². The van der Waals surface area contributed by atoms with Crippen LogP contribution >= 0.6 is 0 Å². The van der Waals surface area contributed by atoms with Gasteiger partial charge in [0.15, 0.2) is 0 Å². The zero-order valence-corrected chi connectivity index (χ0v) is 23.1. The molecule has 1 aromatic heterocycles. The van der Waals surface area contributed by atoms with Crippen LogP contribution in [0.15, 0.2) is 83.8 Å². The van der Waals surface area contributed by atoms with Gasteiger partial charge >= 0.3 is 0 Å². The van der Waals surface area contributed by atoms with Gasteiger partial charge in [-0.05, 0) is 34.7 Å². The molecule has 0 spiro atoms. The lowest BCUT2D eigenvalue weighted by atomic mass is 9.97. The summed E-state index contributed by atoms with van der Waals surface area (Å²) in [5.41, 5.74) is 2.73. The first-order valence-electron chi connectivity index (χ1n) is 13.1. The number of hydrogen-bond donors (Lipinski definition) is 0. The molecule has 10 heteroatoms. The number of sulfonamides is 1. The smallest absolute Gasteiger partial charge is 0.281 e. The third kappa shape index (κ3) is 5.83. The van der Waals surface area contributed by atoms with E-state index in [0.717, 1.165) is 34.0 Å². The lowest BCUT2D eigenvalue weighted by molar-refractivity contribution is 0.384. The lowest BCUT2D eigenvalue weighted by Gasteiger charge is -2.36. The minimum absolute atomic E-state index is 0.0212. The quantitative estimate of drug-likeness (QED) is 0.318. The summed E-state index contributed by atoms with van der Waals surface area (Å²) in [6.07, 6.45) is 1.51. The van der Waals surface area contributed by atoms with Gasteiger partial charge in [0.25, 0.3) is 5.56 Å². The molecule has 1 aliphatic rings. The van der Waals surface area contributed by atoms with Gasteiger partial charge in [0, 0.05) is 32.2 Å². The fourth-order valence-corrected chi connectivity index (χ4v) is 6.45. The van der Waals surface area contributed by atoms with E-state index in [1.807, 2.05) is 47.4 Å². The van der Waals surface area contributed by atoms with Crippen molar-refractivity contribution in [3.63, 3.8) is 0 Å². The van der Waals surface area contributed by atoms with Crippen molar-refractivity contribution in [1.82, 2.24) is 14.1 Å². The molecule has 0 atom stereocenters. The van der Waals surface area contributed by atoms with Crippen LogP contribution < -0.4 is 10.5 Å². The molecule has 5 rings (SSSR count). The van der Waals surface area contributed by atoms with Crippen LogP contribution in [0.2, 0.25) is 0 Å². The highest BCUT2D eigenvalue weighted by Gasteiger charge is 2.29. The molecule has 0 saturated carbocycles. The standard InChI is InChI=1S/C30H30F2N4O3S/c1-21(2)23-9-6-10-24(15-23)29-28(19-33-36(30(29)37)27-17-25(31)16-26(32)18-27)34-11-13-35(14-12-34)40(38,39)20-22-7-4-3-5-8-22/h3-10,15-19,21H,11-14,20H2,1-2H3. The van der Waals surface area contributed by atoms with Gasteiger partial charge in [0.05, 0.1) is 28.9 Å². The van der Waals surface area contributed by atoms with E-state index < -0.39 is 27.2 Å². The highest BCUT2D eigenvalue weighted by molar-refractivity contribution is 7.88. The fraction of sp³-hybridized carbons (Fsp3) is 0.267.